The average Bonchev–Trinajstić information content (AvgIpc) is 2.36. The van der Waals surface area contributed by atoms with Crippen molar-refractivity contribution in [3.05, 3.63) is 61.7 Å². The molecule has 2 heterocycles. The second kappa shape index (κ2) is 5.58. The Bertz CT molecular complexity index is 720. The second-order valence-corrected chi connectivity index (χ2v) is 5.42. The van der Waals surface area contributed by atoms with Gasteiger partial charge in [-0.1, -0.05) is 0 Å². The highest BCUT2D eigenvalue weighted by molar-refractivity contribution is 9.10. The highest BCUT2D eigenvalue weighted by Gasteiger charge is 2.16. The predicted molar refractivity (Wildman–Crippen MR) is 78.2 cm³/mol. The van der Waals surface area contributed by atoms with E-state index in [1.54, 1.807) is 32.2 Å². The lowest BCUT2D eigenvalue weighted by molar-refractivity contribution is 0.0693. The summed E-state index contributed by atoms with van der Waals surface area (Å²) in [7, 11) is 0. The molecular weight excluding hydrogens is 324 g/mol. The van der Waals surface area contributed by atoms with Gasteiger partial charge >= 0.3 is 5.97 Å². The zero-order valence-electron chi connectivity index (χ0n) is 11.1. The number of aromatic carboxylic acids is 1. The van der Waals surface area contributed by atoms with Crippen LogP contribution in [-0.4, -0.2) is 20.6 Å². The fourth-order valence-corrected chi connectivity index (χ4v) is 2.28. The normalized spacial score (nSPS) is 10.6. The Labute approximate surface area is 124 Å². The van der Waals surface area contributed by atoms with Crippen molar-refractivity contribution in [2.45, 2.75) is 20.4 Å². The first kappa shape index (κ1) is 14.5. The van der Waals surface area contributed by atoms with E-state index in [-0.39, 0.29) is 12.1 Å². The van der Waals surface area contributed by atoms with E-state index in [1.807, 2.05) is 6.07 Å². The van der Waals surface area contributed by atoms with E-state index >= 15 is 0 Å². The summed E-state index contributed by atoms with van der Waals surface area (Å²) in [6.45, 7) is 3.65. The van der Waals surface area contributed by atoms with Crippen LogP contribution in [0.2, 0.25) is 0 Å². The summed E-state index contributed by atoms with van der Waals surface area (Å²) in [5.74, 6) is -1.20. The number of nitrogens with zero attached hydrogens (tertiary/aromatic N) is 2. The monoisotopic (exact) mass is 336 g/mol. The molecular formula is C14H13BrN2O3. The molecule has 0 saturated carbocycles. The van der Waals surface area contributed by atoms with Gasteiger partial charge in [0.2, 0.25) is 0 Å². The van der Waals surface area contributed by atoms with Crippen LogP contribution < -0.4 is 5.56 Å². The van der Waals surface area contributed by atoms with Crippen molar-refractivity contribution in [3.8, 4) is 0 Å². The minimum atomic E-state index is -1.20. The summed E-state index contributed by atoms with van der Waals surface area (Å²) >= 11 is 3.29. The first-order valence-electron chi connectivity index (χ1n) is 5.95. The SMILES string of the molecule is Cc1cc(C)n(Cc2ccc(Br)cn2)c(=O)c1C(=O)O. The summed E-state index contributed by atoms with van der Waals surface area (Å²) in [5.41, 5.74) is 1.19. The van der Waals surface area contributed by atoms with Crippen LogP contribution in [0.25, 0.3) is 0 Å². The van der Waals surface area contributed by atoms with Gasteiger partial charge in [0.05, 0.1) is 12.2 Å². The standard InChI is InChI=1S/C14H13BrN2O3/c1-8-5-9(2)17(13(18)12(8)14(19)20)7-11-4-3-10(15)6-16-11/h3-6H,7H2,1-2H3,(H,19,20). The van der Waals surface area contributed by atoms with Crippen LogP contribution in [0.4, 0.5) is 0 Å². The summed E-state index contributed by atoms with van der Waals surface area (Å²) in [4.78, 5) is 27.6. The van der Waals surface area contributed by atoms with Crippen LogP contribution in [0.15, 0.2) is 33.7 Å². The van der Waals surface area contributed by atoms with Gasteiger partial charge in [0.25, 0.3) is 5.56 Å². The predicted octanol–water partition coefficient (Wildman–Crippen LogP) is 2.37. The van der Waals surface area contributed by atoms with Gasteiger partial charge in [0.15, 0.2) is 0 Å². The molecule has 0 aliphatic heterocycles. The molecule has 0 radical (unpaired) electrons. The van der Waals surface area contributed by atoms with Gasteiger partial charge in [-0.25, -0.2) is 4.79 Å². The smallest absolute Gasteiger partial charge is 0.341 e. The maximum Gasteiger partial charge on any atom is 0.341 e. The van der Waals surface area contributed by atoms with Gasteiger partial charge < -0.3 is 9.67 Å². The van der Waals surface area contributed by atoms with Crippen molar-refractivity contribution in [1.29, 1.82) is 0 Å². The fraction of sp³-hybridized carbons (Fsp3) is 0.214. The van der Waals surface area contributed by atoms with E-state index in [0.717, 1.165) is 4.47 Å². The average molecular weight is 337 g/mol. The van der Waals surface area contributed by atoms with Crippen molar-refractivity contribution in [1.82, 2.24) is 9.55 Å². The summed E-state index contributed by atoms with van der Waals surface area (Å²) in [6, 6.07) is 5.31. The van der Waals surface area contributed by atoms with Crippen LogP contribution in [0.5, 0.6) is 0 Å². The van der Waals surface area contributed by atoms with Crippen LogP contribution in [0.3, 0.4) is 0 Å². The number of pyridine rings is 2. The number of carbonyl (C=O) groups is 1. The molecule has 1 N–H and O–H groups in total. The summed E-state index contributed by atoms with van der Waals surface area (Å²) in [6.07, 6.45) is 1.64. The third-order valence-electron chi connectivity index (χ3n) is 3.03. The minimum Gasteiger partial charge on any atom is -0.477 e. The third-order valence-corrected chi connectivity index (χ3v) is 3.50. The molecule has 0 aliphatic carbocycles. The Balaban J connectivity index is 2.52. The Hall–Kier alpha value is -1.95. The zero-order valence-corrected chi connectivity index (χ0v) is 12.6. The number of carboxylic acid groups (broad SMARTS) is 1. The van der Waals surface area contributed by atoms with Crippen molar-refractivity contribution >= 4 is 21.9 Å². The maximum absolute atomic E-state index is 12.3. The van der Waals surface area contributed by atoms with E-state index < -0.39 is 11.5 Å². The van der Waals surface area contributed by atoms with Crippen LogP contribution in [-0.2, 0) is 6.54 Å². The molecule has 104 valence electrons. The van der Waals surface area contributed by atoms with E-state index in [1.165, 1.54) is 4.57 Å². The third kappa shape index (κ3) is 2.80. The molecule has 0 fully saturated rings. The summed E-state index contributed by atoms with van der Waals surface area (Å²) in [5, 5.41) is 9.13. The molecule has 2 aromatic rings. The molecule has 5 nitrogen and oxygen atoms in total. The Morgan fingerprint density at radius 1 is 1.40 bits per heavy atom. The lowest BCUT2D eigenvalue weighted by atomic mass is 10.1. The Morgan fingerprint density at radius 3 is 2.65 bits per heavy atom. The molecule has 0 aliphatic rings. The Kier molecular flexibility index (Phi) is 4.04. The molecule has 20 heavy (non-hydrogen) atoms. The van der Waals surface area contributed by atoms with Gasteiger partial charge in [-0.15, -0.1) is 0 Å². The van der Waals surface area contributed by atoms with Gasteiger partial charge in [0.1, 0.15) is 5.56 Å². The molecule has 0 saturated heterocycles. The molecule has 6 heteroatoms. The fourth-order valence-electron chi connectivity index (χ4n) is 2.05. The highest BCUT2D eigenvalue weighted by Crippen LogP contribution is 2.11. The topological polar surface area (TPSA) is 72.2 Å². The minimum absolute atomic E-state index is 0.187. The molecule has 0 amide bonds. The molecule has 0 spiro atoms. The Morgan fingerprint density at radius 2 is 2.10 bits per heavy atom. The lowest BCUT2D eigenvalue weighted by Gasteiger charge is -2.12. The van der Waals surface area contributed by atoms with Crippen molar-refractivity contribution in [2.24, 2.45) is 0 Å². The number of aryl methyl sites for hydroxylation is 2. The quantitative estimate of drug-likeness (QED) is 0.933. The molecule has 2 rings (SSSR count). The van der Waals surface area contributed by atoms with Gasteiger partial charge in [0, 0.05) is 16.4 Å². The second-order valence-electron chi connectivity index (χ2n) is 4.51. The van der Waals surface area contributed by atoms with Crippen LogP contribution in [0.1, 0.15) is 27.3 Å². The van der Waals surface area contributed by atoms with Gasteiger partial charge in [-0.3, -0.25) is 9.78 Å². The lowest BCUT2D eigenvalue weighted by Crippen LogP contribution is -2.29. The number of aromatic nitrogens is 2. The summed E-state index contributed by atoms with van der Waals surface area (Å²) < 4.78 is 2.27. The van der Waals surface area contributed by atoms with Crippen molar-refractivity contribution in [3.63, 3.8) is 0 Å². The van der Waals surface area contributed by atoms with Crippen LogP contribution >= 0.6 is 15.9 Å². The first-order valence-corrected chi connectivity index (χ1v) is 6.74. The van der Waals surface area contributed by atoms with Crippen molar-refractivity contribution < 1.29 is 9.90 Å². The highest BCUT2D eigenvalue weighted by atomic mass is 79.9. The molecule has 0 aromatic carbocycles. The van der Waals surface area contributed by atoms with E-state index in [9.17, 15) is 9.59 Å². The molecule has 0 bridgehead atoms. The van der Waals surface area contributed by atoms with Crippen LogP contribution in [0, 0.1) is 13.8 Å². The van der Waals surface area contributed by atoms with E-state index in [0.29, 0.717) is 17.0 Å². The number of carboxylic acids is 1. The maximum atomic E-state index is 12.3. The molecule has 0 unspecified atom stereocenters. The number of halogens is 1. The van der Waals surface area contributed by atoms with Gasteiger partial charge in [-0.2, -0.15) is 0 Å². The number of rotatable bonds is 3. The first-order chi connectivity index (χ1) is 9.40. The molecule has 2 aromatic heterocycles. The largest absolute Gasteiger partial charge is 0.477 e. The number of hydrogen-bond donors (Lipinski definition) is 1. The van der Waals surface area contributed by atoms with Crippen molar-refractivity contribution in [2.75, 3.05) is 0 Å². The zero-order chi connectivity index (χ0) is 14.9. The van der Waals surface area contributed by atoms with E-state index in [2.05, 4.69) is 20.9 Å². The van der Waals surface area contributed by atoms with E-state index in [4.69, 9.17) is 5.11 Å². The molecule has 0 atom stereocenters. The van der Waals surface area contributed by atoms with Gasteiger partial charge in [-0.05, 0) is 53.5 Å². The number of hydrogen-bond acceptors (Lipinski definition) is 3.